The molecule has 0 radical (unpaired) electrons. The van der Waals surface area contributed by atoms with Gasteiger partial charge in [0.1, 0.15) is 5.65 Å². The van der Waals surface area contributed by atoms with E-state index in [1.165, 1.54) is 22.2 Å². The van der Waals surface area contributed by atoms with E-state index in [9.17, 15) is 0 Å². The summed E-state index contributed by atoms with van der Waals surface area (Å²) in [5.74, 6) is 0. The second-order valence-corrected chi connectivity index (χ2v) is 6.60. The lowest BCUT2D eigenvalue weighted by atomic mass is 10.0. The summed E-state index contributed by atoms with van der Waals surface area (Å²) in [7, 11) is 0. The number of aromatic nitrogens is 2. The Morgan fingerprint density at radius 1 is 1.30 bits per heavy atom. The molecule has 1 fully saturated rings. The Balaban J connectivity index is 1.37. The molecule has 0 saturated carbocycles. The Morgan fingerprint density at radius 3 is 3.30 bits per heavy atom. The smallest absolute Gasteiger partial charge is 0.137 e. The first-order valence-corrected chi connectivity index (χ1v) is 8.36. The molecule has 0 bridgehead atoms. The predicted molar refractivity (Wildman–Crippen MR) is 91.8 cm³/mol. The summed E-state index contributed by atoms with van der Waals surface area (Å²) < 4.78 is 0. The number of nitrogens with one attached hydrogen (secondary N) is 1. The second-order valence-electron chi connectivity index (χ2n) is 6.60. The van der Waals surface area contributed by atoms with Crippen molar-refractivity contribution in [3.05, 3.63) is 65.7 Å². The Morgan fingerprint density at radius 2 is 2.30 bits per heavy atom. The summed E-state index contributed by atoms with van der Waals surface area (Å²) >= 11 is 0. The lowest BCUT2D eigenvalue weighted by Crippen LogP contribution is -2.46. The molecule has 0 spiro atoms. The van der Waals surface area contributed by atoms with Crippen molar-refractivity contribution in [3.63, 3.8) is 0 Å². The zero-order valence-corrected chi connectivity index (χ0v) is 13.1. The number of nitrogens with zero attached hydrogens (tertiary/aromatic N) is 3. The normalized spacial score (nSPS) is 23.7. The van der Waals surface area contributed by atoms with Gasteiger partial charge in [-0.3, -0.25) is 4.90 Å². The van der Waals surface area contributed by atoms with E-state index in [2.05, 4.69) is 56.3 Å². The van der Waals surface area contributed by atoms with Gasteiger partial charge in [0, 0.05) is 49.7 Å². The monoisotopic (exact) mass is 304 g/mol. The molecule has 23 heavy (non-hydrogen) atoms. The van der Waals surface area contributed by atoms with E-state index in [-0.39, 0.29) is 0 Å². The maximum absolute atomic E-state index is 4.39. The molecule has 0 amide bonds. The van der Waals surface area contributed by atoms with Crippen LogP contribution in [0.4, 0.5) is 0 Å². The van der Waals surface area contributed by atoms with Crippen molar-refractivity contribution >= 4 is 11.0 Å². The Bertz CT molecular complexity index is 842. The minimum atomic E-state index is 0.592. The van der Waals surface area contributed by atoms with E-state index in [1.807, 2.05) is 12.3 Å². The third-order valence-electron chi connectivity index (χ3n) is 5.22. The Hall–Kier alpha value is -2.33. The highest BCUT2D eigenvalue weighted by molar-refractivity contribution is 5.79. The summed E-state index contributed by atoms with van der Waals surface area (Å²) in [6.07, 6.45) is 14.3. The molecule has 4 nitrogen and oxygen atoms in total. The Kier molecular flexibility index (Phi) is 2.91. The van der Waals surface area contributed by atoms with Crippen LogP contribution in [0.15, 0.2) is 60.1 Å². The Labute approximate surface area is 135 Å². The van der Waals surface area contributed by atoms with Gasteiger partial charge in [-0.15, -0.1) is 0 Å². The van der Waals surface area contributed by atoms with Crippen molar-refractivity contribution < 1.29 is 0 Å². The zero-order chi connectivity index (χ0) is 15.2. The second kappa shape index (κ2) is 5.10. The molecule has 116 valence electrons. The molecule has 1 unspecified atom stereocenters. The molecular weight excluding hydrogens is 284 g/mol. The van der Waals surface area contributed by atoms with Gasteiger partial charge >= 0.3 is 0 Å². The van der Waals surface area contributed by atoms with Crippen LogP contribution in [0.3, 0.4) is 0 Å². The first-order chi connectivity index (χ1) is 11.4. The standard InChI is InChI=1S/C19H20N4/c1-2-6-18-14(4-1)10-16-13-22(8-9-23(16)18)12-15-11-21-19-17(15)5-3-7-20-19/h1-5,7,10-11,18H,6,8-9,12-13H2,(H,20,21). The number of H-pyrrole nitrogens is 1. The molecule has 3 aliphatic rings. The maximum atomic E-state index is 4.39. The van der Waals surface area contributed by atoms with Crippen LogP contribution in [-0.4, -0.2) is 45.4 Å². The molecule has 1 atom stereocenters. The highest BCUT2D eigenvalue weighted by Crippen LogP contribution is 2.34. The minimum Gasteiger partial charge on any atom is -0.365 e. The van der Waals surface area contributed by atoms with Gasteiger partial charge in [0.05, 0.1) is 6.04 Å². The van der Waals surface area contributed by atoms with E-state index in [4.69, 9.17) is 0 Å². The molecule has 4 heterocycles. The van der Waals surface area contributed by atoms with E-state index in [1.54, 1.807) is 0 Å². The molecule has 1 aliphatic carbocycles. The maximum Gasteiger partial charge on any atom is 0.137 e. The summed E-state index contributed by atoms with van der Waals surface area (Å²) in [6.45, 7) is 4.28. The topological polar surface area (TPSA) is 35.2 Å². The van der Waals surface area contributed by atoms with Crippen LogP contribution in [0.1, 0.15) is 12.0 Å². The van der Waals surface area contributed by atoms with Gasteiger partial charge in [0.25, 0.3) is 0 Å². The van der Waals surface area contributed by atoms with Crippen molar-refractivity contribution in [1.82, 2.24) is 19.8 Å². The van der Waals surface area contributed by atoms with Crippen molar-refractivity contribution in [1.29, 1.82) is 0 Å². The largest absolute Gasteiger partial charge is 0.365 e. The van der Waals surface area contributed by atoms with Gasteiger partial charge in [-0.25, -0.2) is 4.98 Å². The van der Waals surface area contributed by atoms with Crippen molar-refractivity contribution in [2.45, 2.75) is 19.0 Å². The summed E-state index contributed by atoms with van der Waals surface area (Å²) in [5, 5.41) is 1.25. The van der Waals surface area contributed by atoms with Gasteiger partial charge in [0.2, 0.25) is 0 Å². The molecule has 0 aromatic carbocycles. The van der Waals surface area contributed by atoms with Crippen LogP contribution < -0.4 is 0 Å². The van der Waals surface area contributed by atoms with E-state index >= 15 is 0 Å². The lowest BCUT2D eigenvalue weighted by Gasteiger charge is -2.39. The van der Waals surface area contributed by atoms with Crippen molar-refractivity contribution in [2.24, 2.45) is 0 Å². The SMILES string of the molecule is C1=CCC2C(=C1)C=C1CN(Cc3c[nH]c4ncccc34)CCN12. The average molecular weight is 304 g/mol. The molecular formula is C19H20N4. The first-order valence-electron chi connectivity index (χ1n) is 8.36. The van der Waals surface area contributed by atoms with Gasteiger partial charge in [-0.1, -0.05) is 18.2 Å². The van der Waals surface area contributed by atoms with E-state index < -0.39 is 0 Å². The molecule has 1 saturated heterocycles. The minimum absolute atomic E-state index is 0.592. The van der Waals surface area contributed by atoms with Gasteiger partial charge in [-0.2, -0.15) is 0 Å². The molecule has 2 aromatic heterocycles. The fourth-order valence-corrected chi connectivity index (χ4v) is 4.07. The van der Waals surface area contributed by atoms with Crippen molar-refractivity contribution in [3.8, 4) is 0 Å². The fourth-order valence-electron chi connectivity index (χ4n) is 4.07. The summed E-state index contributed by atoms with van der Waals surface area (Å²) in [5.41, 5.74) is 5.30. The third kappa shape index (κ3) is 2.13. The average Bonchev–Trinajstić information content (AvgIpc) is 3.16. The highest BCUT2D eigenvalue weighted by Gasteiger charge is 2.33. The quantitative estimate of drug-likeness (QED) is 0.926. The number of allylic oxidation sites excluding steroid dienone is 2. The predicted octanol–water partition coefficient (Wildman–Crippen LogP) is 2.83. The van der Waals surface area contributed by atoms with Crippen LogP contribution in [-0.2, 0) is 6.54 Å². The summed E-state index contributed by atoms with van der Waals surface area (Å²) in [6, 6.07) is 4.76. The molecule has 2 aromatic rings. The van der Waals surface area contributed by atoms with Gasteiger partial charge in [0.15, 0.2) is 0 Å². The molecule has 4 heteroatoms. The number of fused-ring (bicyclic) bond motifs is 4. The zero-order valence-electron chi connectivity index (χ0n) is 13.1. The van der Waals surface area contributed by atoms with Crippen molar-refractivity contribution in [2.75, 3.05) is 19.6 Å². The number of piperazine rings is 1. The number of hydrogen-bond acceptors (Lipinski definition) is 3. The highest BCUT2D eigenvalue weighted by atomic mass is 15.3. The number of pyridine rings is 1. The molecule has 5 rings (SSSR count). The third-order valence-corrected chi connectivity index (χ3v) is 5.22. The molecule has 2 aliphatic heterocycles. The fraction of sp³-hybridized carbons (Fsp3) is 0.316. The first kappa shape index (κ1) is 13.1. The summed E-state index contributed by atoms with van der Waals surface area (Å²) in [4.78, 5) is 12.8. The number of aromatic amines is 1. The van der Waals surface area contributed by atoms with Gasteiger partial charge < -0.3 is 9.88 Å². The van der Waals surface area contributed by atoms with Crippen LogP contribution in [0.5, 0.6) is 0 Å². The van der Waals surface area contributed by atoms with E-state index in [0.717, 1.165) is 38.2 Å². The van der Waals surface area contributed by atoms with Crippen LogP contribution >= 0.6 is 0 Å². The van der Waals surface area contributed by atoms with E-state index in [0.29, 0.717) is 6.04 Å². The number of rotatable bonds is 2. The van der Waals surface area contributed by atoms with Crippen LogP contribution in [0.2, 0.25) is 0 Å². The van der Waals surface area contributed by atoms with Crippen LogP contribution in [0, 0.1) is 0 Å². The van der Waals surface area contributed by atoms with Gasteiger partial charge in [-0.05, 0) is 35.8 Å². The van der Waals surface area contributed by atoms with Crippen LogP contribution in [0.25, 0.3) is 11.0 Å². The lowest BCUT2D eigenvalue weighted by molar-refractivity contribution is 0.159. The number of hydrogen-bond donors (Lipinski definition) is 1. The molecule has 1 N–H and O–H groups in total.